The predicted octanol–water partition coefficient (Wildman–Crippen LogP) is 1.87. The average Bonchev–Trinajstić information content (AvgIpc) is 2.70. The Hall–Kier alpha value is -1.07. The van der Waals surface area contributed by atoms with Gasteiger partial charge in [0, 0.05) is 39.6 Å². The minimum Gasteiger partial charge on any atom is -0.343 e. The molecule has 0 saturated carbocycles. The highest BCUT2D eigenvalue weighted by Crippen LogP contribution is 2.18. The van der Waals surface area contributed by atoms with Gasteiger partial charge in [-0.1, -0.05) is 11.6 Å². The number of rotatable bonds is 5. The normalized spacial score (nSPS) is 15.7. The van der Waals surface area contributed by atoms with E-state index < -0.39 is 0 Å². The van der Waals surface area contributed by atoms with Crippen LogP contribution in [0.5, 0.6) is 0 Å². The van der Waals surface area contributed by atoms with Gasteiger partial charge < -0.3 is 10.2 Å². The van der Waals surface area contributed by atoms with Crippen LogP contribution in [0.1, 0.15) is 37.1 Å². The summed E-state index contributed by atoms with van der Waals surface area (Å²) >= 11 is 6.18. The third-order valence-corrected chi connectivity index (χ3v) is 4.27. The number of likely N-dealkylation sites (tertiary alicyclic amines) is 1. The van der Waals surface area contributed by atoms with Gasteiger partial charge in [0.2, 0.25) is 5.91 Å². The summed E-state index contributed by atoms with van der Waals surface area (Å²) in [5.74, 6) is 0.254. The van der Waals surface area contributed by atoms with Crippen LogP contribution >= 0.6 is 11.6 Å². The minimum absolute atomic E-state index is 0.254. The van der Waals surface area contributed by atoms with Crippen LogP contribution < -0.4 is 5.32 Å². The second-order valence-corrected chi connectivity index (χ2v) is 5.72. The molecule has 2 heterocycles. The molecule has 0 aliphatic carbocycles. The third-order valence-electron chi connectivity index (χ3n) is 3.78. The Morgan fingerprint density at radius 3 is 2.65 bits per heavy atom. The summed E-state index contributed by atoms with van der Waals surface area (Å²) in [5.41, 5.74) is 1.81. The highest BCUT2D eigenvalue weighted by molar-refractivity contribution is 6.31. The number of carbonyl (C=O) groups is 1. The molecule has 0 spiro atoms. The van der Waals surface area contributed by atoms with Gasteiger partial charge in [0.15, 0.2) is 0 Å². The molecule has 1 fully saturated rings. The Morgan fingerprint density at radius 2 is 2.05 bits per heavy atom. The first-order valence-electron chi connectivity index (χ1n) is 7.26. The monoisotopic (exact) mass is 298 g/mol. The fourth-order valence-corrected chi connectivity index (χ4v) is 2.80. The predicted molar refractivity (Wildman–Crippen MR) is 79.7 cm³/mol. The van der Waals surface area contributed by atoms with Crippen molar-refractivity contribution < 1.29 is 4.79 Å². The van der Waals surface area contributed by atoms with E-state index in [9.17, 15) is 4.79 Å². The zero-order chi connectivity index (χ0) is 14.5. The maximum atomic E-state index is 12.0. The number of nitrogens with zero attached hydrogens (tertiary/aromatic N) is 3. The van der Waals surface area contributed by atoms with Gasteiger partial charge in [-0.2, -0.15) is 5.10 Å². The first kappa shape index (κ1) is 15.3. The van der Waals surface area contributed by atoms with E-state index in [2.05, 4.69) is 10.4 Å². The van der Waals surface area contributed by atoms with Crippen molar-refractivity contribution in [2.24, 2.45) is 7.05 Å². The van der Waals surface area contributed by atoms with Crippen LogP contribution in [0.2, 0.25) is 5.02 Å². The summed E-state index contributed by atoms with van der Waals surface area (Å²) in [6.45, 7) is 5.06. The van der Waals surface area contributed by atoms with Gasteiger partial charge >= 0.3 is 0 Å². The van der Waals surface area contributed by atoms with Gasteiger partial charge in [0.05, 0.1) is 16.4 Å². The molecule has 20 heavy (non-hydrogen) atoms. The maximum Gasteiger partial charge on any atom is 0.223 e. The topological polar surface area (TPSA) is 50.2 Å². The molecule has 0 radical (unpaired) electrons. The van der Waals surface area contributed by atoms with Crippen LogP contribution in [0.3, 0.4) is 0 Å². The Balaban J connectivity index is 1.72. The molecule has 1 aliphatic heterocycles. The smallest absolute Gasteiger partial charge is 0.223 e. The lowest BCUT2D eigenvalue weighted by Crippen LogP contribution is -2.37. The van der Waals surface area contributed by atoms with Crippen molar-refractivity contribution in [1.82, 2.24) is 20.0 Å². The molecule has 0 aromatic carbocycles. The van der Waals surface area contributed by atoms with E-state index >= 15 is 0 Å². The molecule has 1 saturated heterocycles. The van der Waals surface area contributed by atoms with Gasteiger partial charge in [0.1, 0.15) is 0 Å². The van der Waals surface area contributed by atoms with Gasteiger partial charge in [-0.05, 0) is 26.2 Å². The molecule has 1 aromatic rings. The molecular formula is C14H23ClN4O. The van der Waals surface area contributed by atoms with E-state index in [0.29, 0.717) is 24.5 Å². The van der Waals surface area contributed by atoms with Gasteiger partial charge in [-0.3, -0.25) is 9.48 Å². The lowest BCUT2D eigenvalue weighted by molar-refractivity contribution is -0.131. The van der Waals surface area contributed by atoms with Crippen LogP contribution in [-0.4, -0.2) is 40.2 Å². The van der Waals surface area contributed by atoms with E-state index in [1.165, 1.54) is 6.42 Å². The van der Waals surface area contributed by atoms with Crippen molar-refractivity contribution in [3.8, 4) is 0 Å². The lowest BCUT2D eigenvalue weighted by atomic mass is 10.1. The maximum absolute atomic E-state index is 12.0. The zero-order valence-corrected chi connectivity index (χ0v) is 13.0. The van der Waals surface area contributed by atoms with Gasteiger partial charge in [-0.15, -0.1) is 0 Å². The summed E-state index contributed by atoms with van der Waals surface area (Å²) in [7, 11) is 1.88. The van der Waals surface area contributed by atoms with Crippen molar-refractivity contribution >= 4 is 17.5 Å². The molecule has 2 rings (SSSR count). The van der Waals surface area contributed by atoms with Crippen molar-refractivity contribution in [3.05, 3.63) is 16.4 Å². The number of carbonyl (C=O) groups excluding carboxylic acids is 1. The van der Waals surface area contributed by atoms with Gasteiger partial charge in [0.25, 0.3) is 0 Å². The molecular weight excluding hydrogens is 276 g/mol. The highest BCUT2D eigenvalue weighted by atomic mass is 35.5. The minimum atomic E-state index is 0.254. The molecule has 1 aliphatic rings. The van der Waals surface area contributed by atoms with E-state index in [4.69, 9.17) is 11.6 Å². The van der Waals surface area contributed by atoms with Crippen LogP contribution in [0, 0.1) is 6.92 Å². The summed E-state index contributed by atoms with van der Waals surface area (Å²) in [5, 5.41) is 8.25. The molecule has 5 nitrogen and oxygen atoms in total. The third kappa shape index (κ3) is 3.73. The first-order chi connectivity index (χ1) is 9.59. The molecule has 0 unspecified atom stereocenters. The fraction of sp³-hybridized carbons (Fsp3) is 0.714. The number of hydrogen-bond donors (Lipinski definition) is 1. The summed E-state index contributed by atoms with van der Waals surface area (Å²) in [4.78, 5) is 14.0. The van der Waals surface area contributed by atoms with Crippen LogP contribution in [0.25, 0.3) is 0 Å². The lowest BCUT2D eigenvalue weighted by Gasteiger charge is -2.26. The summed E-state index contributed by atoms with van der Waals surface area (Å²) in [6, 6.07) is 0. The van der Waals surface area contributed by atoms with Crippen molar-refractivity contribution in [1.29, 1.82) is 0 Å². The molecule has 6 heteroatoms. The summed E-state index contributed by atoms with van der Waals surface area (Å²) < 4.78 is 1.79. The van der Waals surface area contributed by atoms with Gasteiger partial charge in [-0.25, -0.2) is 0 Å². The number of aryl methyl sites for hydroxylation is 2. The Bertz CT molecular complexity index is 466. The number of hydrogen-bond acceptors (Lipinski definition) is 3. The standard InChI is InChI=1S/C14H23ClN4O/c1-11-14(15)12(18(2)17-11)10-16-7-6-13(20)19-8-4-3-5-9-19/h16H,3-10H2,1-2H3. The number of halogens is 1. The molecule has 0 atom stereocenters. The van der Waals surface area contributed by atoms with Crippen molar-refractivity contribution in [2.45, 2.75) is 39.2 Å². The molecule has 1 amide bonds. The zero-order valence-electron chi connectivity index (χ0n) is 12.3. The Morgan fingerprint density at radius 1 is 1.35 bits per heavy atom. The van der Waals surface area contributed by atoms with Crippen molar-refractivity contribution in [2.75, 3.05) is 19.6 Å². The highest BCUT2D eigenvalue weighted by Gasteiger charge is 2.16. The second kappa shape index (κ2) is 7.09. The number of amides is 1. The van der Waals surface area contributed by atoms with E-state index in [1.54, 1.807) is 4.68 Å². The van der Waals surface area contributed by atoms with Crippen LogP contribution in [0.4, 0.5) is 0 Å². The quantitative estimate of drug-likeness (QED) is 0.845. The largest absolute Gasteiger partial charge is 0.343 e. The second-order valence-electron chi connectivity index (χ2n) is 5.34. The summed E-state index contributed by atoms with van der Waals surface area (Å²) in [6.07, 6.45) is 4.08. The van der Waals surface area contributed by atoms with E-state index in [1.807, 2.05) is 18.9 Å². The molecule has 1 N–H and O–H groups in total. The number of aromatic nitrogens is 2. The Labute approximate surface area is 125 Å². The molecule has 112 valence electrons. The number of piperidine rings is 1. The average molecular weight is 299 g/mol. The fourth-order valence-electron chi connectivity index (χ4n) is 2.58. The molecule has 0 bridgehead atoms. The van der Waals surface area contributed by atoms with Crippen LogP contribution in [-0.2, 0) is 18.4 Å². The van der Waals surface area contributed by atoms with Crippen LogP contribution in [0.15, 0.2) is 0 Å². The van der Waals surface area contributed by atoms with Crippen molar-refractivity contribution in [3.63, 3.8) is 0 Å². The SMILES string of the molecule is Cc1nn(C)c(CNCCC(=O)N2CCCCC2)c1Cl. The number of nitrogens with one attached hydrogen (secondary N) is 1. The Kier molecular flexibility index (Phi) is 5.43. The van der Waals surface area contributed by atoms with E-state index in [-0.39, 0.29) is 5.91 Å². The van der Waals surface area contributed by atoms with E-state index in [0.717, 1.165) is 37.3 Å². The first-order valence-corrected chi connectivity index (χ1v) is 7.64. The molecule has 1 aromatic heterocycles.